The lowest BCUT2D eigenvalue weighted by molar-refractivity contribution is -0.132. The fourth-order valence-corrected chi connectivity index (χ4v) is 3.29. The molecule has 1 fully saturated rings. The number of phenolic OH excluding ortho intramolecular Hbond substituents is 1. The summed E-state index contributed by atoms with van der Waals surface area (Å²) in [5.41, 5.74) is 2.10. The van der Waals surface area contributed by atoms with E-state index in [1.54, 1.807) is 12.1 Å². The molecule has 1 heterocycles. The van der Waals surface area contributed by atoms with Gasteiger partial charge in [-0.3, -0.25) is 9.69 Å². The molecule has 0 saturated carbocycles. The first kappa shape index (κ1) is 18.3. The molecule has 0 spiro atoms. The minimum absolute atomic E-state index is 0.0606. The van der Waals surface area contributed by atoms with Gasteiger partial charge in [0.1, 0.15) is 11.5 Å². The second-order valence-corrected chi connectivity index (χ2v) is 6.83. The van der Waals surface area contributed by atoms with Gasteiger partial charge < -0.3 is 14.7 Å². The maximum Gasteiger partial charge on any atom is 0.260 e. The van der Waals surface area contributed by atoms with Crippen molar-refractivity contribution in [2.45, 2.75) is 25.9 Å². The summed E-state index contributed by atoms with van der Waals surface area (Å²) in [6, 6.07) is 15.1. The number of nitrogens with zero attached hydrogens (tertiary/aromatic N) is 2. The molecule has 3 rings (SSSR count). The van der Waals surface area contributed by atoms with Crippen molar-refractivity contribution in [2.24, 2.45) is 0 Å². The smallest absolute Gasteiger partial charge is 0.260 e. The molecule has 2 aromatic rings. The molecular formula is C21H26N2O3. The van der Waals surface area contributed by atoms with Crippen LogP contribution in [-0.4, -0.2) is 47.6 Å². The third-order valence-electron chi connectivity index (χ3n) is 4.59. The number of ether oxygens (including phenoxy) is 1. The van der Waals surface area contributed by atoms with Gasteiger partial charge in [-0.2, -0.15) is 0 Å². The Kier molecular flexibility index (Phi) is 6.12. The number of likely N-dealkylation sites (tertiary alicyclic amines) is 1. The minimum Gasteiger partial charge on any atom is -0.508 e. The quantitative estimate of drug-likeness (QED) is 0.830. The van der Waals surface area contributed by atoms with Crippen LogP contribution in [0.1, 0.15) is 24.0 Å². The number of carbonyl (C=O) groups is 1. The zero-order chi connectivity index (χ0) is 18.4. The van der Waals surface area contributed by atoms with E-state index in [4.69, 9.17) is 4.74 Å². The van der Waals surface area contributed by atoms with Crippen LogP contribution in [0.3, 0.4) is 0 Å². The number of hydrogen-bond acceptors (Lipinski definition) is 4. The predicted octanol–water partition coefficient (Wildman–Crippen LogP) is 3.03. The topological polar surface area (TPSA) is 53.0 Å². The van der Waals surface area contributed by atoms with Gasteiger partial charge in [-0.1, -0.05) is 30.3 Å². The van der Waals surface area contributed by atoms with Gasteiger partial charge in [0, 0.05) is 31.7 Å². The summed E-state index contributed by atoms with van der Waals surface area (Å²) in [5, 5.41) is 9.60. The number of benzene rings is 2. The monoisotopic (exact) mass is 354 g/mol. The van der Waals surface area contributed by atoms with E-state index >= 15 is 0 Å². The van der Waals surface area contributed by atoms with Crippen molar-refractivity contribution in [1.29, 1.82) is 0 Å². The van der Waals surface area contributed by atoms with E-state index in [0.717, 1.165) is 49.4 Å². The van der Waals surface area contributed by atoms with Gasteiger partial charge in [0.05, 0.1) is 0 Å². The van der Waals surface area contributed by atoms with Gasteiger partial charge in [-0.25, -0.2) is 0 Å². The zero-order valence-corrected chi connectivity index (χ0v) is 15.2. The second-order valence-electron chi connectivity index (χ2n) is 6.83. The zero-order valence-electron chi connectivity index (χ0n) is 15.2. The second kappa shape index (κ2) is 8.72. The average molecular weight is 354 g/mol. The third kappa shape index (κ3) is 4.99. The van der Waals surface area contributed by atoms with Crippen LogP contribution in [0.2, 0.25) is 0 Å². The van der Waals surface area contributed by atoms with Crippen molar-refractivity contribution >= 4 is 5.91 Å². The molecule has 0 radical (unpaired) electrons. The van der Waals surface area contributed by atoms with Gasteiger partial charge in [-0.05, 0) is 43.7 Å². The maximum atomic E-state index is 12.2. The number of amides is 1. The van der Waals surface area contributed by atoms with Crippen LogP contribution in [0.25, 0.3) is 0 Å². The normalized spacial score (nSPS) is 14.0. The molecule has 0 atom stereocenters. The Balaban J connectivity index is 1.58. The molecule has 2 aromatic carbocycles. The molecule has 5 heteroatoms. The average Bonchev–Trinajstić information content (AvgIpc) is 3.15. The Morgan fingerprint density at radius 1 is 1.12 bits per heavy atom. The van der Waals surface area contributed by atoms with Crippen molar-refractivity contribution in [3.8, 4) is 11.5 Å². The Morgan fingerprint density at radius 3 is 2.65 bits per heavy atom. The van der Waals surface area contributed by atoms with Crippen LogP contribution in [-0.2, 0) is 17.9 Å². The van der Waals surface area contributed by atoms with Gasteiger partial charge >= 0.3 is 0 Å². The summed E-state index contributed by atoms with van der Waals surface area (Å²) < 4.78 is 5.82. The SMILES string of the molecule is CN(Cc1cccc(O)c1)Cc1ccccc1OCC(=O)N1CCCC1. The van der Waals surface area contributed by atoms with Gasteiger partial charge in [0.2, 0.25) is 0 Å². The van der Waals surface area contributed by atoms with Crippen LogP contribution >= 0.6 is 0 Å². The molecule has 1 amide bonds. The molecule has 5 nitrogen and oxygen atoms in total. The van der Waals surface area contributed by atoms with Crippen LogP contribution in [0.4, 0.5) is 0 Å². The number of para-hydroxylation sites is 1. The molecule has 1 aliphatic heterocycles. The Bertz CT molecular complexity index is 742. The lowest BCUT2D eigenvalue weighted by Gasteiger charge is -2.20. The fraction of sp³-hybridized carbons (Fsp3) is 0.381. The number of rotatable bonds is 7. The Hall–Kier alpha value is -2.53. The van der Waals surface area contributed by atoms with E-state index in [-0.39, 0.29) is 18.3 Å². The lowest BCUT2D eigenvalue weighted by Crippen LogP contribution is -2.32. The number of hydrogen-bond donors (Lipinski definition) is 1. The highest BCUT2D eigenvalue weighted by Gasteiger charge is 2.18. The molecule has 1 N–H and O–H groups in total. The minimum atomic E-state index is 0.0606. The maximum absolute atomic E-state index is 12.2. The van der Waals surface area contributed by atoms with E-state index in [9.17, 15) is 9.90 Å². The van der Waals surface area contributed by atoms with Crippen molar-refractivity contribution in [3.05, 3.63) is 59.7 Å². The van der Waals surface area contributed by atoms with E-state index in [1.807, 2.05) is 48.3 Å². The number of phenols is 1. The summed E-state index contributed by atoms with van der Waals surface area (Å²) in [7, 11) is 2.02. The fourth-order valence-electron chi connectivity index (χ4n) is 3.29. The van der Waals surface area contributed by atoms with Crippen LogP contribution in [0.15, 0.2) is 48.5 Å². The molecule has 0 bridgehead atoms. The predicted molar refractivity (Wildman–Crippen MR) is 101 cm³/mol. The summed E-state index contributed by atoms with van der Waals surface area (Å²) >= 11 is 0. The summed E-state index contributed by atoms with van der Waals surface area (Å²) in [6.45, 7) is 3.19. The Morgan fingerprint density at radius 2 is 1.88 bits per heavy atom. The first-order chi connectivity index (χ1) is 12.6. The summed E-state index contributed by atoms with van der Waals surface area (Å²) in [6.07, 6.45) is 2.17. The van der Waals surface area contributed by atoms with E-state index in [0.29, 0.717) is 6.54 Å². The van der Waals surface area contributed by atoms with Crippen molar-refractivity contribution in [3.63, 3.8) is 0 Å². The van der Waals surface area contributed by atoms with Crippen molar-refractivity contribution in [2.75, 3.05) is 26.7 Å². The highest BCUT2D eigenvalue weighted by molar-refractivity contribution is 5.78. The molecule has 0 aliphatic carbocycles. The molecule has 1 saturated heterocycles. The van der Waals surface area contributed by atoms with Crippen LogP contribution in [0.5, 0.6) is 11.5 Å². The number of carbonyl (C=O) groups excluding carboxylic acids is 1. The highest BCUT2D eigenvalue weighted by atomic mass is 16.5. The summed E-state index contributed by atoms with van der Waals surface area (Å²) in [5.74, 6) is 1.09. The van der Waals surface area contributed by atoms with Gasteiger partial charge in [0.15, 0.2) is 6.61 Å². The molecule has 1 aliphatic rings. The molecule has 26 heavy (non-hydrogen) atoms. The largest absolute Gasteiger partial charge is 0.508 e. The summed E-state index contributed by atoms with van der Waals surface area (Å²) in [4.78, 5) is 16.2. The number of aromatic hydroxyl groups is 1. The van der Waals surface area contributed by atoms with Crippen molar-refractivity contribution < 1.29 is 14.6 Å². The molecule has 0 aromatic heterocycles. The van der Waals surface area contributed by atoms with E-state index < -0.39 is 0 Å². The van der Waals surface area contributed by atoms with Crippen molar-refractivity contribution in [1.82, 2.24) is 9.80 Å². The Labute approximate surface area is 154 Å². The third-order valence-corrected chi connectivity index (χ3v) is 4.59. The first-order valence-corrected chi connectivity index (χ1v) is 9.07. The van der Waals surface area contributed by atoms with E-state index in [1.165, 1.54) is 0 Å². The molecular weight excluding hydrogens is 328 g/mol. The van der Waals surface area contributed by atoms with Gasteiger partial charge in [0.25, 0.3) is 5.91 Å². The van der Waals surface area contributed by atoms with Gasteiger partial charge in [-0.15, -0.1) is 0 Å². The molecule has 0 unspecified atom stereocenters. The standard InChI is InChI=1S/C21H26N2O3/c1-22(14-17-7-6-9-19(24)13-17)15-18-8-2-3-10-20(18)26-16-21(25)23-11-4-5-12-23/h2-3,6-10,13,24H,4-5,11-12,14-16H2,1H3. The molecule has 138 valence electrons. The lowest BCUT2D eigenvalue weighted by atomic mass is 10.1. The first-order valence-electron chi connectivity index (χ1n) is 9.07. The van der Waals surface area contributed by atoms with Crippen LogP contribution in [0, 0.1) is 0 Å². The highest BCUT2D eigenvalue weighted by Crippen LogP contribution is 2.21. The van der Waals surface area contributed by atoms with Crippen LogP contribution < -0.4 is 4.74 Å². The van der Waals surface area contributed by atoms with E-state index in [2.05, 4.69) is 4.90 Å².